The van der Waals surface area contributed by atoms with Gasteiger partial charge in [0.1, 0.15) is 0 Å². The average molecular weight is 268 g/mol. The van der Waals surface area contributed by atoms with Crippen molar-refractivity contribution in [2.75, 3.05) is 26.7 Å². The summed E-state index contributed by atoms with van der Waals surface area (Å²) in [7, 11) is 2.08. The first-order chi connectivity index (χ1) is 9.25. The SMILES string of the molecule is CCCCCCCCCCCCN1CC[N+](C)=C1N. The highest BCUT2D eigenvalue weighted by Crippen LogP contribution is 2.11. The molecule has 0 atom stereocenters. The predicted octanol–water partition coefficient (Wildman–Crippen LogP) is 3.18. The molecule has 0 spiro atoms. The van der Waals surface area contributed by atoms with Gasteiger partial charge in [0, 0.05) is 0 Å². The van der Waals surface area contributed by atoms with Gasteiger partial charge in [-0.2, -0.15) is 0 Å². The number of hydrogen-bond acceptors (Lipinski definition) is 2. The maximum Gasteiger partial charge on any atom is 0.345 e. The zero-order valence-electron chi connectivity index (χ0n) is 13.2. The van der Waals surface area contributed by atoms with Crippen LogP contribution < -0.4 is 5.73 Å². The van der Waals surface area contributed by atoms with Crippen molar-refractivity contribution in [1.82, 2.24) is 4.90 Å². The number of nitrogens with zero attached hydrogens (tertiary/aromatic N) is 2. The lowest BCUT2D eigenvalue weighted by atomic mass is 10.1. The Morgan fingerprint density at radius 3 is 1.95 bits per heavy atom. The third-order valence-corrected chi connectivity index (χ3v) is 4.20. The molecule has 0 aromatic heterocycles. The Labute approximate surface area is 119 Å². The van der Waals surface area contributed by atoms with E-state index in [0.717, 1.165) is 25.6 Å². The molecule has 0 saturated heterocycles. The fraction of sp³-hybridized carbons (Fsp3) is 0.938. The van der Waals surface area contributed by atoms with Crippen LogP contribution in [0.5, 0.6) is 0 Å². The molecule has 0 aromatic rings. The second-order valence-corrected chi connectivity index (χ2v) is 5.95. The number of guanidine groups is 1. The van der Waals surface area contributed by atoms with E-state index in [9.17, 15) is 0 Å². The van der Waals surface area contributed by atoms with E-state index in [1.165, 1.54) is 64.2 Å². The lowest BCUT2D eigenvalue weighted by molar-refractivity contribution is -0.487. The van der Waals surface area contributed by atoms with Crippen LogP contribution in [-0.2, 0) is 0 Å². The predicted molar refractivity (Wildman–Crippen MR) is 83.7 cm³/mol. The standard InChI is InChI=1S/C16H33N3/c1-3-4-5-6-7-8-9-10-11-12-13-19-15-14-18(2)16(19)17/h17H,3-15H2,1-2H3/p+1. The lowest BCUT2D eigenvalue weighted by Crippen LogP contribution is -2.36. The molecule has 0 aromatic carbocycles. The van der Waals surface area contributed by atoms with Gasteiger partial charge in [0.2, 0.25) is 0 Å². The molecule has 19 heavy (non-hydrogen) atoms. The summed E-state index contributed by atoms with van der Waals surface area (Å²) < 4.78 is 2.15. The fourth-order valence-corrected chi connectivity index (χ4v) is 2.76. The summed E-state index contributed by atoms with van der Waals surface area (Å²) in [6, 6.07) is 0. The summed E-state index contributed by atoms with van der Waals surface area (Å²) in [5.41, 5.74) is 6.01. The van der Waals surface area contributed by atoms with Crippen molar-refractivity contribution in [3.8, 4) is 0 Å². The van der Waals surface area contributed by atoms with E-state index in [2.05, 4.69) is 23.4 Å². The molecule has 0 radical (unpaired) electrons. The minimum Gasteiger partial charge on any atom is -0.291 e. The molecule has 0 bridgehead atoms. The minimum atomic E-state index is 0.968. The van der Waals surface area contributed by atoms with E-state index in [1.807, 2.05) is 0 Å². The number of likely N-dealkylation sites (N-methyl/N-ethyl adjacent to an activating group) is 1. The third kappa shape index (κ3) is 6.84. The van der Waals surface area contributed by atoms with Gasteiger partial charge in [0.05, 0.1) is 26.7 Å². The highest BCUT2D eigenvalue weighted by atomic mass is 15.3. The Morgan fingerprint density at radius 1 is 0.947 bits per heavy atom. The van der Waals surface area contributed by atoms with E-state index in [0.29, 0.717) is 0 Å². The Balaban J connectivity index is 1.84. The summed E-state index contributed by atoms with van der Waals surface area (Å²) in [4.78, 5) is 2.32. The summed E-state index contributed by atoms with van der Waals surface area (Å²) in [5, 5.41) is 0. The van der Waals surface area contributed by atoms with Crippen LogP contribution >= 0.6 is 0 Å². The van der Waals surface area contributed by atoms with Crippen molar-refractivity contribution in [1.29, 1.82) is 0 Å². The van der Waals surface area contributed by atoms with E-state index >= 15 is 0 Å². The van der Waals surface area contributed by atoms with Crippen molar-refractivity contribution < 1.29 is 4.58 Å². The van der Waals surface area contributed by atoms with Crippen molar-refractivity contribution >= 4 is 5.96 Å². The van der Waals surface area contributed by atoms with Crippen LogP contribution in [0, 0.1) is 0 Å². The van der Waals surface area contributed by atoms with E-state index in [-0.39, 0.29) is 0 Å². The van der Waals surface area contributed by atoms with Crippen molar-refractivity contribution in [3.63, 3.8) is 0 Å². The summed E-state index contributed by atoms with van der Waals surface area (Å²) in [5.74, 6) is 0.968. The molecule has 3 heteroatoms. The highest BCUT2D eigenvalue weighted by molar-refractivity contribution is 5.73. The maximum absolute atomic E-state index is 6.01. The van der Waals surface area contributed by atoms with Gasteiger partial charge in [0.15, 0.2) is 0 Å². The van der Waals surface area contributed by atoms with Crippen LogP contribution in [0.15, 0.2) is 0 Å². The first-order valence-electron chi connectivity index (χ1n) is 8.34. The van der Waals surface area contributed by atoms with Crippen molar-refractivity contribution in [3.05, 3.63) is 0 Å². The Kier molecular flexibility index (Phi) is 8.68. The molecule has 1 aliphatic heterocycles. The van der Waals surface area contributed by atoms with Gasteiger partial charge in [0.25, 0.3) is 0 Å². The quantitative estimate of drug-likeness (QED) is 0.461. The molecule has 0 saturated carbocycles. The molecule has 0 aliphatic carbocycles. The maximum atomic E-state index is 6.01. The molecule has 2 N–H and O–H groups in total. The van der Waals surface area contributed by atoms with Gasteiger partial charge in [-0.15, -0.1) is 0 Å². The van der Waals surface area contributed by atoms with Gasteiger partial charge >= 0.3 is 5.96 Å². The van der Waals surface area contributed by atoms with Gasteiger partial charge in [-0.05, 0) is 6.42 Å². The summed E-state index contributed by atoms with van der Waals surface area (Å²) in [6.07, 6.45) is 14.0. The first kappa shape index (κ1) is 16.3. The van der Waals surface area contributed by atoms with Gasteiger partial charge in [-0.3, -0.25) is 15.2 Å². The zero-order chi connectivity index (χ0) is 13.9. The molecule has 1 heterocycles. The highest BCUT2D eigenvalue weighted by Gasteiger charge is 2.22. The first-order valence-corrected chi connectivity index (χ1v) is 8.34. The Bertz CT molecular complexity index is 261. The smallest absolute Gasteiger partial charge is 0.291 e. The van der Waals surface area contributed by atoms with E-state index in [4.69, 9.17) is 5.73 Å². The largest absolute Gasteiger partial charge is 0.345 e. The van der Waals surface area contributed by atoms with Crippen molar-refractivity contribution in [2.45, 2.75) is 71.1 Å². The number of nitrogens with two attached hydrogens (primary N) is 1. The van der Waals surface area contributed by atoms with Crippen LogP contribution in [0.2, 0.25) is 0 Å². The molecular formula is C16H34N3+. The van der Waals surface area contributed by atoms with Crippen LogP contribution in [0.1, 0.15) is 71.1 Å². The van der Waals surface area contributed by atoms with Crippen LogP contribution in [0.4, 0.5) is 0 Å². The molecule has 0 fully saturated rings. The van der Waals surface area contributed by atoms with Gasteiger partial charge in [-0.1, -0.05) is 64.7 Å². The molecular weight excluding hydrogens is 234 g/mol. The average Bonchev–Trinajstić information content (AvgIpc) is 2.73. The second-order valence-electron chi connectivity index (χ2n) is 5.95. The number of unbranched alkanes of at least 4 members (excludes halogenated alkanes) is 9. The third-order valence-electron chi connectivity index (χ3n) is 4.20. The topological polar surface area (TPSA) is 32.3 Å². The Hall–Kier alpha value is -0.730. The van der Waals surface area contributed by atoms with Crippen LogP contribution in [0.3, 0.4) is 0 Å². The number of rotatable bonds is 11. The van der Waals surface area contributed by atoms with E-state index in [1.54, 1.807) is 0 Å². The van der Waals surface area contributed by atoms with Crippen molar-refractivity contribution in [2.24, 2.45) is 5.73 Å². The van der Waals surface area contributed by atoms with E-state index < -0.39 is 0 Å². The molecule has 1 aliphatic rings. The molecule has 1 rings (SSSR count). The minimum absolute atomic E-state index is 0.968. The second kappa shape index (κ2) is 10.1. The van der Waals surface area contributed by atoms with Crippen LogP contribution in [0.25, 0.3) is 0 Å². The summed E-state index contributed by atoms with van der Waals surface area (Å²) >= 11 is 0. The monoisotopic (exact) mass is 268 g/mol. The zero-order valence-corrected chi connectivity index (χ0v) is 13.2. The fourth-order valence-electron chi connectivity index (χ4n) is 2.76. The van der Waals surface area contributed by atoms with Crippen LogP contribution in [-0.4, -0.2) is 42.1 Å². The number of hydrogen-bond donors (Lipinski definition) is 1. The van der Waals surface area contributed by atoms with Gasteiger partial charge < -0.3 is 0 Å². The molecule has 112 valence electrons. The lowest BCUT2D eigenvalue weighted by Gasteiger charge is -2.10. The molecule has 0 amide bonds. The molecule has 3 nitrogen and oxygen atoms in total. The molecule has 0 unspecified atom stereocenters. The Morgan fingerprint density at radius 2 is 1.47 bits per heavy atom. The summed E-state index contributed by atoms with van der Waals surface area (Å²) in [6.45, 7) is 5.62. The normalized spacial score (nSPS) is 15.6. The van der Waals surface area contributed by atoms with Gasteiger partial charge in [-0.25, -0.2) is 0 Å².